The van der Waals surface area contributed by atoms with Crippen molar-refractivity contribution in [1.82, 2.24) is 4.72 Å². The molecule has 0 radical (unpaired) electrons. The quantitative estimate of drug-likeness (QED) is 0.831. The zero-order valence-electron chi connectivity index (χ0n) is 12.4. The number of aryl methyl sites for hydroxylation is 1. The van der Waals surface area contributed by atoms with Gasteiger partial charge in [0, 0.05) is 21.5 Å². The lowest BCUT2D eigenvalue weighted by atomic mass is 10.2. The van der Waals surface area contributed by atoms with Crippen molar-refractivity contribution in [3.05, 3.63) is 45.6 Å². The molecule has 1 unspecified atom stereocenters. The van der Waals surface area contributed by atoms with Gasteiger partial charge in [-0.25, -0.2) is 13.1 Å². The Morgan fingerprint density at radius 2 is 1.95 bits per heavy atom. The van der Waals surface area contributed by atoms with Crippen LogP contribution in [0.1, 0.15) is 22.2 Å². The first kappa shape index (κ1) is 16.0. The molecule has 0 saturated heterocycles. The van der Waals surface area contributed by atoms with Crippen molar-refractivity contribution in [1.29, 1.82) is 0 Å². The van der Waals surface area contributed by atoms with E-state index in [1.165, 1.54) is 9.75 Å². The highest BCUT2D eigenvalue weighted by Gasteiger charge is 2.20. The summed E-state index contributed by atoms with van der Waals surface area (Å²) >= 11 is 1.69. The molecule has 1 aromatic carbocycles. The maximum absolute atomic E-state index is 12.4. The third kappa shape index (κ3) is 3.84. The Balaban J connectivity index is 2.15. The molecule has 1 heterocycles. The minimum Gasteiger partial charge on any atom is -0.398 e. The van der Waals surface area contributed by atoms with E-state index in [9.17, 15) is 8.42 Å². The van der Waals surface area contributed by atoms with E-state index in [-0.39, 0.29) is 10.9 Å². The fourth-order valence-electron chi connectivity index (χ4n) is 2.19. The summed E-state index contributed by atoms with van der Waals surface area (Å²) in [7, 11) is -3.55. The molecular weight excluding hydrogens is 304 g/mol. The second-order valence-corrected chi connectivity index (χ2v) is 8.26. The summed E-state index contributed by atoms with van der Waals surface area (Å²) in [5.41, 5.74) is 6.86. The van der Waals surface area contributed by atoms with E-state index in [1.807, 2.05) is 26.0 Å². The molecule has 0 bridgehead atoms. The van der Waals surface area contributed by atoms with Gasteiger partial charge in [-0.15, -0.1) is 11.3 Å². The van der Waals surface area contributed by atoms with Crippen molar-refractivity contribution in [2.75, 3.05) is 5.73 Å². The van der Waals surface area contributed by atoms with Gasteiger partial charge in [-0.3, -0.25) is 0 Å². The van der Waals surface area contributed by atoms with Crippen molar-refractivity contribution in [3.8, 4) is 0 Å². The van der Waals surface area contributed by atoms with Crippen LogP contribution in [0.2, 0.25) is 0 Å². The number of nitrogens with one attached hydrogen (secondary N) is 1. The Labute approximate surface area is 130 Å². The SMILES string of the molecule is Cc1ccc(CC(C)NS(=O)(=O)c2cccc(N)c2C)s1. The van der Waals surface area contributed by atoms with Gasteiger partial charge in [0.2, 0.25) is 10.0 Å². The average molecular weight is 324 g/mol. The van der Waals surface area contributed by atoms with Crippen LogP contribution in [0.25, 0.3) is 0 Å². The van der Waals surface area contributed by atoms with Gasteiger partial charge in [0.15, 0.2) is 0 Å². The van der Waals surface area contributed by atoms with Crippen LogP contribution in [0.4, 0.5) is 5.69 Å². The zero-order chi connectivity index (χ0) is 15.6. The lowest BCUT2D eigenvalue weighted by Crippen LogP contribution is -2.34. The Hall–Kier alpha value is -1.37. The summed E-state index contributed by atoms with van der Waals surface area (Å²) in [4.78, 5) is 2.65. The number of hydrogen-bond donors (Lipinski definition) is 2. The highest BCUT2D eigenvalue weighted by atomic mass is 32.2. The highest BCUT2D eigenvalue weighted by molar-refractivity contribution is 7.89. The number of anilines is 1. The molecule has 114 valence electrons. The van der Waals surface area contributed by atoms with Gasteiger partial charge in [0.05, 0.1) is 4.90 Å². The lowest BCUT2D eigenvalue weighted by Gasteiger charge is -2.15. The third-order valence-corrected chi connectivity index (χ3v) is 6.03. The van der Waals surface area contributed by atoms with Crippen LogP contribution in [0, 0.1) is 13.8 Å². The number of nitrogen functional groups attached to an aromatic ring is 1. The first-order chi connectivity index (χ1) is 9.79. The molecule has 3 N–H and O–H groups in total. The molecule has 0 aliphatic heterocycles. The number of nitrogens with two attached hydrogens (primary N) is 1. The molecule has 2 aromatic rings. The van der Waals surface area contributed by atoms with Gasteiger partial charge in [0.25, 0.3) is 0 Å². The minimum absolute atomic E-state index is 0.172. The summed E-state index contributed by atoms with van der Waals surface area (Å²) in [6, 6.07) is 8.85. The van der Waals surface area contributed by atoms with Crippen molar-refractivity contribution < 1.29 is 8.42 Å². The number of thiophene rings is 1. The summed E-state index contributed by atoms with van der Waals surface area (Å²) in [5, 5.41) is 0. The summed E-state index contributed by atoms with van der Waals surface area (Å²) < 4.78 is 27.6. The maximum atomic E-state index is 12.4. The summed E-state index contributed by atoms with van der Waals surface area (Å²) in [6.45, 7) is 5.63. The normalized spacial score (nSPS) is 13.3. The largest absolute Gasteiger partial charge is 0.398 e. The number of rotatable bonds is 5. The second kappa shape index (κ2) is 6.17. The molecule has 4 nitrogen and oxygen atoms in total. The first-order valence-corrected chi connectivity index (χ1v) is 9.02. The Kier molecular flexibility index (Phi) is 4.70. The van der Waals surface area contributed by atoms with Crippen LogP contribution in [0.15, 0.2) is 35.2 Å². The molecule has 0 saturated carbocycles. The van der Waals surface area contributed by atoms with Crippen LogP contribution < -0.4 is 10.5 Å². The fraction of sp³-hybridized carbons (Fsp3) is 0.333. The van der Waals surface area contributed by atoms with Gasteiger partial charge >= 0.3 is 0 Å². The van der Waals surface area contributed by atoms with Gasteiger partial charge in [-0.05, 0) is 57.0 Å². The van der Waals surface area contributed by atoms with E-state index < -0.39 is 10.0 Å². The summed E-state index contributed by atoms with van der Waals surface area (Å²) in [5.74, 6) is 0. The van der Waals surface area contributed by atoms with Crippen molar-refractivity contribution in [2.24, 2.45) is 0 Å². The average Bonchev–Trinajstić information content (AvgIpc) is 2.77. The second-order valence-electron chi connectivity index (χ2n) is 5.21. The molecule has 0 aliphatic rings. The zero-order valence-corrected chi connectivity index (χ0v) is 14.0. The van der Waals surface area contributed by atoms with Crippen LogP contribution in [0.3, 0.4) is 0 Å². The van der Waals surface area contributed by atoms with Crippen molar-refractivity contribution >= 4 is 27.0 Å². The smallest absolute Gasteiger partial charge is 0.241 e. The minimum atomic E-state index is -3.55. The molecule has 2 rings (SSSR count). The Morgan fingerprint density at radius 1 is 1.24 bits per heavy atom. The molecular formula is C15H20N2O2S2. The predicted molar refractivity (Wildman–Crippen MR) is 88.1 cm³/mol. The molecule has 0 amide bonds. The van der Waals surface area contributed by atoms with E-state index in [4.69, 9.17) is 5.73 Å². The molecule has 0 spiro atoms. The molecule has 0 aliphatic carbocycles. The molecule has 1 atom stereocenters. The van der Waals surface area contributed by atoms with E-state index >= 15 is 0 Å². The van der Waals surface area contributed by atoms with Crippen molar-refractivity contribution in [3.63, 3.8) is 0 Å². The van der Waals surface area contributed by atoms with Crippen LogP contribution in [-0.2, 0) is 16.4 Å². The van der Waals surface area contributed by atoms with Gasteiger partial charge in [-0.2, -0.15) is 0 Å². The highest BCUT2D eigenvalue weighted by Crippen LogP contribution is 2.21. The fourth-order valence-corrected chi connectivity index (χ4v) is 4.73. The number of sulfonamides is 1. The van der Waals surface area contributed by atoms with E-state index in [2.05, 4.69) is 4.72 Å². The third-order valence-electron chi connectivity index (χ3n) is 3.28. The first-order valence-electron chi connectivity index (χ1n) is 6.72. The number of benzene rings is 1. The molecule has 21 heavy (non-hydrogen) atoms. The standard InChI is InChI=1S/C15H20N2O2S2/c1-10(9-13-8-7-11(2)20-13)17-21(18,19)15-6-4-5-14(16)12(15)3/h4-8,10,17H,9,16H2,1-3H3. The van der Waals surface area contributed by atoms with E-state index in [0.29, 0.717) is 17.7 Å². The van der Waals surface area contributed by atoms with Crippen LogP contribution in [0.5, 0.6) is 0 Å². The lowest BCUT2D eigenvalue weighted by molar-refractivity contribution is 0.560. The van der Waals surface area contributed by atoms with E-state index in [1.54, 1.807) is 36.5 Å². The monoisotopic (exact) mass is 324 g/mol. The molecule has 6 heteroatoms. The Morgan fingerprint density at radius 3 is 2.57 bits per heavy atom. The van der Waals surface area contributed by atoms with Gasteiger partial charge < -0.3 is 5.73 Å². The topological polar surface area (TPSA) is 72.2 Å². The molecule has 0 fully saturated rings. The summed E-state index contributed by atoms with van der Waals surface area (Å²) in [6.07, 6.45) is 0.680. The van der Waals surface area contributed by atoms with Gasteiger partial charge in [0.1, 0.15) is 0 Å². The van der Waals surface area contributed by atoms with Crippen molar-refractivity contribution in [2.45, 2.75) is 38.1 Å². The van der Waals surface area contributed by atoms with Crippen LogP contribution >= 0.6 is 11.3 Å². The van der Waals surface area contributed by atoms with Crippen LogP contribution in [-0.4, -0.2) is 14.5 Å². The van der Waals surface area contributed by atoms with E-state index in [0.717, 1.165) is 0 Å². The van der Waals surface area contributed by atoms with Gasteiger partial charge in [-0.1, -0.05) is 6.07 Å². The Bertz CT molecular complexity index is 736. The predicted octanol–water partition coefficient (Wildman–Crippen LogP) is 2.86. The number of hydrogen-bond acceptors (Lipinski definition) is 4. The maximum Gasteiger partial charge on any atom is 0.241 e. The molecule has 1 aromatic heterocycles.